The molecule has 2 aliphatic heterocycles. The zero-order valence-corrected chi connectivity index (χ0v) is 25.1. The van der Waals surface area contributed by atoms with E-state index in [1.54, 1.807) is 31.3 Å². The SMILES string of the molecule is CCC1=C2CC[C@H]3C(=O)N(C)C(=O)[C@H]3[C@H]2[C@@](C)(C(=O)NCCc2c[nH]c3ccccc23)N(C(=O)NCc2ccccn2)C1=O. The monoisotopic (exact) mass is 596 g/mol. The number of H-pyrrole nitrogens is 1. The fraction of sp³-hybridized carbons (Fsp3) is 0.394. The van der Waals surface area contributed by atoms with Crippen molar-refractivity contribution in [2.75, 3.05) is 13.6 Å². The number of carbonyl (C=O) groups is 5. The molecule has 0 radical (unpaired) electrons. The van der Waals surface area contributed by atoms with Crippen LogP contribution in [0.3, 0.4) is 0 Å². The quantitative estimate of drug-likeness (QED) is 0.358. The number of para-hydroxylation sites is 1. The first-order valence-electron chi connectivity index (χ1n) is 15.1. The summed E-state index contributed by atoms with van der Waals surface area (Å²) in [5, 5.41) is 6.80. The number of aromatic nitrogens is 2. The van der Waals surface area contributed by atoms with Gasteiger partial charge in [0.15, 0.2) is 0 Å². The molecule has 228 valence electrons. The van der Waals surface area contributed by atoms with Gasteiger partial charge in [-0.05, 0) is 56.4 Å². The molecule has 11 nitrogen and oxygen atoms in total. The van der Waals surface area contributed by atoms with Crippen molar-refractivity contribution >= 4 is 40.6 Å². The number of rotatable bonds is 7. The molecule has 1 saturated heterocycles. The fourth-order valence-corrected chi connectivity index (χ4v) is 7.42. The average molecular weight is 597 g/mol. The molecule has 0 bridgehead atoms. The van der Waals surface area contributed by atoms with Crippen LogP contribution >= 0.6 is 0 Å². The highest BCUT2D eigenvalue weighted by Gasteiger charge is 2.65. The summed E-state index contributed by atoms with van der Waals surface area (Å²) in [6.45, 7) is 3.66. The van der Waals surface area contributed by atoms with E-state index in [0.29, 0.717) is 42.5 Å². The first-order valence-corrected chi connectivity index (χ1v) is 15.1. The number of likely N-dealkylation sites (tertiary alicyclic amines) is 1. The highest BCUT2D eigenvalue weighted by atomic mass is 16.2. The molecule has 4 atom stereocenters. The maximum absolute atomic E-state index is 14.4. The highest BCUT2D eigenvalue weighted by Crippen LogP contribution is 2.53. The summed E-state index contributed by atoms with van der Waals surface area (Å²) in [5.74, 6) is -4.11. The Bertz CT molecular complexity index is 1700. The molecule has 4 heterocycles. The van der Waals surface area contributed by atoms with Crippen LogP contribution in [0.15, 0.2) is 66.0 Å². The number of carbonyl (C=O) groups excluding carboxylic acids is 5. The summed E-state index contributed by atoms with van der Waals surface area (Å²) in [4.78, 5) is 78.8. The Morgan fingerprint density at radius 1 is 1.07 bits per heavy atom. The Morgan fingerprint density at radius 2 is 1.84 bits per heavy atom. The lowest BCUT2D eigenvalue weighted by molar-refractivity contribution is -0.150. The number of fused-ring (bicyclic) bond motifs is 4. The maximum Gasteiger partial charge on any atom is 0.325 e. The predicted octanol–water partition coefficient (Wildman–Crippen LogP) is 3.08. The highest BCUT2D eigenvalue weighted by molar-refractivity contribution is 6.12. The van der Waals surface area contributed by atoms with Gasteiger partial charge in [0, 0.05) is 48.4 Å². The Kier molecular flexibility index (Phi) is 7.56. The smallest absolute Gasteiger partial charge is 0.325 e. The molecule has 1 aliphatic carbocycles. The van der Waals surface area contributed by atoms with Gasteiger partial charge in [-0.2, -0.15) is 0 Å². The summed E-state index contributed by atoms with van der Waals surface area (Å²) in [5.41, 5.74) is 1.92. The van der Waals surface area contributed by atoms with Crippen LogP contribution in [0.5, 0.6) is 0 Å². The molecule has 44 heavy (non-hydrogen) atoms. The maximum atomic E-state index is 14.4. The van der Waals surface area contributed by atoms with Crippen molar-refractivity contribution in [1.29, 1.82) is 0 Å². The van der Waals surface area contributed by atoms with Gasteiger partial charge in [-0.25, -0.2) is 9.69 Å². The number of pyridine rings is 1. The molecule has 0 unspecified atom stereocenters. The van der Waals surface area contributed by atoms with Crippen molar-refractivity contribution in [2.45, 2.75) is 51.6 Å². The number of nitrogens with one attached hydrogen (secondary N) is 3. The molecule has 3 N–H and O–H groups in total. The van der Waals surface area contributed by atoms with Gasteiger partial charge < -0.3 is 15.6 Å². The predicted molar refractivity (Wildman–Crippen MR) is 162 cm³/mol. The van der Waals surface area contributed by atoms with Crippen molar-refractivity contribution in [2.24, 2.45) is 17.8 Å². The van der Waals surface area contributed by atoms with Crippen LogP contribution in [0.25, 0.3) is 10.9 Å². The van der Waals surface area contributed by atoms with Gasteiger partial charge in [-0.1, -0.05) is 36.8 Å². The summed E-state index contributed by atoms with van der Waals surface area (Å²) in [6.07, 6.45) is 5.14. The summed E-state index contributed by atoms with van der Waals surface area (Å²) in [6, 6.07) is 12.4. The first-order chi connectivity index (χ1) is 21.2. The largest absolute Gasteiger partial charge is 0.361 e. The second-order valence-corrected chi connectivity index (χ2v) is 11.9. The zero-order valence-electron chi connectivity index (χ0n) is 25.1. The van der Waals surface area contributed by atoms with Crippen molar-refractivity contribution < 1.29 is 24.0 Å². The molecular formula is C33H36N6O5. The van der Waals surface area contributed by atoms with Crippen molar-refractivity contribution in [1.82, 2.24) is 30.4 Å². The minimum Gasteiger partial charge on any atom is -0.361 e. The third kappa shape index (κ3) is 4.58. The lowest BCUT2D eigenvalue weighted by Crippen LogP contribution is -2.71. The van der Waals surface area contributed by atoms with E-state index in [-0.39, 0.29) is 19.0 Å². The van der Waals surface area contributed by atoms with Crippen LogP contribution in [0, 0.1) is 17.8 Å². The minimum atomic E-state index is -1.77. The molecule has 2 aromatic heterocycles. The van der Waals surface area contributed by atoms with Gasteiger partial charge in [0.25, 0.3) is 5.91 Å². The van der Waals surface area contributed by atoms with E-state index in [4.69, 9.17) is 0 Å². The summed E-state index contributed by atoms with van der Waals surface area (Å²) >= 11 is 0. The van der Waals surface area contributed by atoms with Gasteiger partial charge in [0.2, 0.25) is 17.7 Å². The van der Waals surface area contributed by atoms with Crippen molar-refractivity contribution in [3.63, 3.8) is 0 Å². The first kappa shape index (κ1) is 29.3. The Morgan fingerprint density at radius 3 is 2.59 bits per heavy atom. The lowest BCUT2D eigenvalue weighted by Gasteiger charge is -2.52. The van der Waals surface area contributed by atoms with Gasteiger partial charge in [-0.15, -0.1) is 0 Å². The second kappa shape index (κ2) is 11.4. The van der Waals surface area contributed by atoms with Crippen molar-refractivity contribution in [3.05, 3.63) is 77.3 Å². The van der Waals surface area contributed by atoms with E-state index >= 15 is 0 Å². The fourth-order valence-electron chi connectivity index (χ4n) is 7.42. The second-order valence-electron chi connectivity index (χ2n) is 11.9. The molecule has 2 fully saturated rings. The van der Waals surface area contributed by atoms with E-state index in [0.717, 1.165) is 26.3 Å². The Balaban J connectivity index is 1.37. The van der Waals surface area contributed by atoms with E-state index < -0.39 is 47.0 Å². The number of aromatic amines is 1. The number of nitrogens with zero attached hydrogens (tertiary/aromatic N) is 3. The molecule has 11 heteroatoms. The van der Waals surface area contributed by atoms with E-state index in [9.17, 15) is 24.0 Å². The molecule has 0 spiro atoms. The van der Waals surface area contributed by atoms with Crippen molar-refractivity contribution in [3.8, 4) is 0 Å². The number of amides is 6. The van der Waals surface area contributed by atoms with Crippen LogP contribution in [0.4, 0.5) is 4.79 Å². The Hall–Kier alpha value is -4.80. The van der Waals surface area contributed by atoms with Crippen LogP contribution in [-0.2, 0) is 32.1 Å². The number of hydrogen-bond acceptors (Lipinski definition) is 6. The number of imide groups is 2. The number of hydrogen-bond donors (Lipinski definition) is 3. The van der Waals surface area contributed by atoms with Gasteiger partial charge in [0.05, 0.1) is 24.1 Å². The molecule has 1 saturated carbocycles. The van der Waals surface area contributed by atoms with Crippen LogP contribution in [0.1, 0.15) is 44.4 Å². The number of urea groups is 1. The van der Waals surface area contributed by atoms with E-state index in [1.165, 1.54) is 7.05 Å². The summed E-state index contributed by atoms with van der Waals surface area (Å²) < 4.78 is 0. The topological polar surface area (TPSA) is 145 Å². The van der Waals surface area contributed by atoms with Gasteiger partial charge in [0.1, 0.15) is 5.54 Å². The summed E-state index contributed by atoms with van der Waals surface area (Å²) in [7, 11) is 1.46. The van der Waals surface area contributed by atoms with Gasteiger partial charge in [-0.3, -0.25) is 29.1 Å². The third-order valence-corrected chi connectivity index (χ3v) is 9.59. The van der Waals surface area contributed by atoms with Crippen LogP contribution < -0.4 is 10.6 Å². The van der Waals surface area contributed by atoms with E-state index in [1.807, 2.05) is 37.4 Å². The zero-order chi connectivity index (χ0) is 31.2. The van der Waals surface area contributed by atoms with E-state index in [2.05, 4.69) is 20.6 Å². The number of benzene rings is 1. The average Bonchev–Trinajstić information content (AvgIpc) is 3.54. The molecular weight excluding hydrogens is 560 g/mol. The third-order valence-electron chi connectivity index (χ3n) is 9.59. The molecule has 6 rings (SSSR count). The normalized spacial score (nSPS) is 24.9. The van der Waals surface area contributed by atoms with Crippen LogP contribution in [0.2, 0.25) is 0 Å². The molecule has 3 aliphatic rings. The standard InChI is InChI=1S/C33H36N6O5/c1-4-21-23-12-13-24-26(30(42)38(3)28(24)40)27(23)33(2,39(29(21)41)32(44)37-18-20-9-7-8-15-34-20)31(43)35-16-14-19-17-36-25-11-6-5-10-22(19)25/h5-11,15,17,24,26-27,36H,4,12-14,16,18H2,1-3H3,(H,35,43)(H,37,44)/t24-,26-,27+,33+/m1/s1. The molecule has 6 amide bonds. The minimum absolute atomic E-state index is 0.0383. The molecule has 3 aromatic rings. The van der Waals surface area contributed by atoms with Gasteiger partial charge >= 0.3 is 6.03 Å². The Labute approximate surface area is 255 Å². The lowest BCUT2D eigenvalue weighted by atomic mass is 9.59. The molecule has 1 aromatic carbocycles. The van der Waals surface area contributed by atoms with Crippen LogP contribution in [-0.4, -0.2) is 68.6 Å².